The highest BCUT2D eigenvalue weighted by molar-refractivity contribution is 8.26. The van der Waals surface area contributed by atoms with Gasteiger partial charge in [-0.05, 0) is 30.6 Å². The first kappa shape index (κ1) is 19.4. The standard InChI is InChI=1S/C18H20N2O3S2/c1-13(10-14-6-3-2-4-7-14)11-15-17(23)20(18(24)25-15)12-16(22)19-8-5-9-21/h2-4,6-7,10-11,21H,5,8-9,12H2,1H3,(H,19,22)/b13-10+,15-11-. The molecular weight excluding hydrogens is 356 g/mol. The zero-order chi connectivity index (χ0) is 18.2. The Morgan fingerprint density at radius 3 is 2.76 bits per heavy atom. The average molecular weight is 377 g/mol. The second-order valence-electron chi connectivity index (χ2n) is 5.49. The number of hydrogen-bond donors (Lipinski definition) is 2. The van der Waals surface area contributed by atoms with E-state index in [2.05, 4.69) is 5.32 Å². The minimum Gasteiger partial charge on any atom is -0.396 e. The van der Waals surface area contributed by atoms with Crippen LogP contribution in [0.5, 0.6) is 0 Å². The molecule has 1 aromatic carbocycles. The first-order chi connectivity index (χ1) is 12.0. The van der Waals surface area contributed by atoms with Crippen molar-refractivity contribution >= 4 is 46.2 Å². The zero-order valence-electron chi connectivity index (χ0n) is 13.9. The summed E-state index contributed by atoms with van der Waals surface area (Å²) in [5.41, 5.74) is 1.98. The maximum absolute atomic E-state index is 12.5. The van der Waals surface area contributed by atoms with Crippen LogP contribution in [-0.2, 0) is 9.59 Å². The van der Waals surface area contributed by atoms with Gasteiger partial charge in [0.05, 0.1) is 4.91 Å². The van der Waals surface area contributed by atoms with E-state index in [1.807, 2.05) is 43.3 Å². The van der Waals surface area contributed by atoms with E-state index < -0.39 is 0 Å². The van der Waals surface area contributed by atoms with E-state index >= 15 is 0 Å². The number of amides is 2. The lowest BCUT2D eigenvalue weighted by Gasteiger charge is -2.13. The van der Waals surface area contributed by atoms with Crippen LogP contribution in [-0.4, -0.2) is 45.8 Å². The van der Waals surface area contributed by atoms with Crippen LogP contribution in [0.1, 0.15) is 18.9 Å². The van der Waals surface area contributed by atoms with E-state index in [1.165, 1.54) is 16.7 Å². The summed E-state index contributed by atoms with van der Waals surface area (Å²) < 4.78 is 0.376. The average Bonchev–Trinajstić information content (AvgIpc) is 2.83. The number of aliphatic hydroxyl groups is 1. The molecule has 2 rings (SSSR count). The largest absolute Gasteiger partial charge is 0.396 e. The molecule has 5 nitrogen and oxygen atoms in total. The number of carbonyl (C=O) groups excluding carboxylic acids is 2. The van der Waals surface area contributed by atoms with Crippen molar-refractivity contribution in [1.29, 1.82) is 0 Å². The summed E-state index contributed by atoms with van der Waals surface area (Å²) in [6.45, 7) is 2.20. The molecule has 1 aromatic rings. The van der Waals surface area contributed by atoms with E-state index in [-0.39, 0.29) is 25.0 Å². The number of benzene rings is 1. The molecule has 1 fully saturated rings. The third-order valence-corrected chi connectivity index (χ3v) is 4.76. The molecule has 2 N–H and O–H groups in total. The molecule has 0 aromatic heterocycles. The van der Waals surface area contributed by atoms with Gasteiger partial charge in [-0.25, -0.2) is 0 Å². The van der Waals surface area contributed by atoms with Crippen LogP contribution in [0.4, 0.5) is 0 Å². The summed E-state index contributed by atoms with van der Waals surface area (Å²) >= 11 is 6.42. The molecule has 0 spiro atoms. The molecule has 0 bridgehead atoms. The summed E-state index contributed by atoms with van der Waals surface area (Å²) in [6.07, 6.45) is 4.25. The number of aliphatic hydroxyl groups excluding tert-OH is 1. The third kappa shape index (κ3) is 5.81. The van der Waals surface area contributed by atoms with E-state index in [1.54, 1.807) is 6.08 Å². The minimum absolute atomic E-state index is 0.0110. The van der Waals surface area contributed by atoms with Gasteiger partial charge in [0.15, 0.2) is 0 Å². The van der Waals surface area contributed by atoms with Crippen molar-refractivity contribution in [1.82, 2.24) is 10.2 Å². The summed E-state index contributed by atoms with van der Waals surface area (Å²) in [7, 11) is 0. The lowest BCUT2D eigenvalue weighted by atomic mass is 10.1. The van der Waals surface area contributed by atoms with Crippen molar-refractivity contribution in [2.75, 3.05) is 19.7 Å². The SMILES string of the molecule is CC(/C=C1\SC(=S)N(CC(=O)NCCCO)C1=O)=C\c1ccccc1. The number of nitrogens with zero attached hydrogens (tertiary/aromatic N) is 1. The molecule has 0 saturated carbocycles. The molecule has 0 radical (unpaired) electrons. The normalized spacial score (nSPS) is 16.6. The Kier molecular flexibility index (Phi) is 7.36. The number of thioether (sulfide) groups is 1. The third-order valence-electron chi connectivity index (χ3n) is 3.39. The van der Waals surface area contributed by atoms with Crippen LogP contribution in [0.25, 0.3) is 6.08 Å². The Morgan fingerprint density at radius 1 is 1.36 bits per heavy atom. The molecule has 0 atom stereocenters. The van der Waals surface area contributed by atoms with E-state index in [9.17, 15) is 9.59 Å². The maximum Gasteiger partial charge on any atom is 0.266 e. The van der Waals surface area contributed by atoms with E-state index in [0.29, 0.717) is 22.2 Å². The second kappa shape index (κ2) is 9.50. The van der Waals surface area contributed by atoms with Gasteiger partial charge in [-0.3, -0.25) is 14.5 Å². The van der Waals surface area contributed by atoms with E-state index in [0.717, 1.165) is 11.1 Å². The molecule has 1 heterocycles. The fourth-order valence-corrected chi connectivity index (χ4v) is 3.51. The van der Waals surface area contributed by atoms with Gasteiger partial charge in [0, 0.05) is 13.2 Å². The van der Waals surface area contributed by atoms with Gasteiger partial charge in [-0.2, -0.15) is 0 Å². The summed E-state index contributed by atoms with van der Waals surface area (Å²) in [4.78, 5) is 26.1. The Labute approximate surface area is 156 Å². The Hall–Kier alpha value is -1.96. The quantitative estimate of drug-likeness (QED) is 0.434. The van der Waals surface area contributed by atoms with Gasteiger partial charge in [0.1, 0.15) is 10.9 Å². The highest BCUT2D eigenvalue weighted by Crippen LogP contribution is 2.31. The molecule has 7 heteroatoms. The molecule has 1 aliphatic rings. The van der Waals surface area contributed by atoms with Crippen LogP contribution in [0.15, 0.2) is 46.9 Å². The van der Waals surface area contributed by atoms with Crippen molar-refractivity contribution in [3.05, 3.63) is 52.4 Å². The zero-order valence-corrected chi connectivity index (χ0v) is 15.5. The lowest BCUT2D eigenvalue weighted by molar-refractivity contribution is -0.128. The predicted molar refractivity (Wildman–Crippen MR) is 105 cm³/mol. The molecule has 1 saturated heterocycles. The van der Waals surface area contributed by atoms with Crippen LogP contribution < -0.4 is 5.32 Å². The number of carbonyl (C=O) groups is 2. The molecule has 0 aliphatic carbocycles. The summed E-state index contributed by atoms with van der Waals surface area (Å²) in [5, 5.41) is 11.4. The van der Waals surface area contributed by atoms with Gasteiger partial charge in [-0.15, -0.1) is 0 Å². The highest BCUT2D eigenvalue weighted by Gasteiger charge is 2.33. The van der Waals surface area contributed by atoms with Gasteiger partial charge < -0.3 is 10.4 Å². The van der Waals surface area contributed by atoms with Crippen molar-refractivity contribution in [3.63, 3.8) is 0 Å². The van der Waals surface area contributed by atoms with Crippen molar-refractivity contribution in [2.45, 2.75) is 13.3 Å². The summed E-state index contributed by atoms with van der Waals surface area (Å²) in [5.74, 6) is -0.546. The van der Waals surface area contributed by atoms with Gasteiger partial charge in [0.25, 0.3) is 5.91 Å². The van der Waals surface area contributed by atoms with Crippen LogP contribution in [0.2, 0.25) is 0 Å². The number of nitrogens with one attached hydrogen (secondary N) is 1. The van der Waals surface area contributed by atoms with Crippen molar-refractivity contribution in [2.24, 2.45) is 0 Å². The van der Waals surface area contributed by atoms with E-state index in [4.69, 9.17) is 17.3 Å². The Balaban J connectivity index is 2.02. The molecular formula is C18H20N2O3S2. The fourth-order valence-electron chi connectivity index (χ4n) is 2.20. The fraction of sp³-hybridized carbons (Fsp3) is 0.278. The molecule has 2 amide bonds. The van der Waals surface area contributed by atoms with Gasteiger partial charge in [-0.1, -0.05) is 60.4 Å². The van der Waals surface area contributed by atoms with Crippen LogP contribution in [0, 0.1) is 0 Å². The second-order valence-corrected chi connectivity index (χ2v) is 7.17. The van der Waals surface area contributed by atoms with Crippen LogP contribution >= 0.6 is 24.0 Å². The predicted octanol–water partition coefficient (Wildman–Crippen LogP) is 2.33. The highest BCUT2D eigenvalue weighted by atomic mass is 32.2. The van der Waals surface area contributed by atoms with Gasteiger partial charge in [0.2, 0.25) is 5.91 Å². The van der Waals surface area contributed by atoms with Crippen molar-refractivity contribution < 1.29 is 14.7 Å². The molecule has 1 aliphatic heterocycles. The topological polar surface area (TPSA) is 69.6 Å². The molecule has 25 heavy (non-hydrogen) atoms. The van der Waals surface area contributed by atoms with Crippen LogP contribution in [0.3, 0.4) is 0 Å². The first-order valence-electron chi connectivity index (χ1n) is 7.87. The Bertz CT molecular complexity index is 714. The Morgan fingerprint density at radius 2 is 2.08 bits per heavy atom. The lowest BCUT2D eigenvalue weighted by Crippen LogP contribution is -2.39. The number of thiocarbonyl (C=S) groups is 1. The van der Waals surface area contributed by atoms with Crippen molar-refractivity contribution in [3.8, 4) is 0 Å². The monoisotopic (exact) mass is 376 g/mol. The number of allylic oxidation sites excluding steroid dienone is 2. The smallest absolute Gasteiger partial charge is 0.266 e. The van der Waals surface area contributed by atoms with Gasteiger partial charge >= 0.3 is 0 Å². The number of hydrogen-bond acceptors (Lipinski definition) is 5. The molecule has 132 valence electrons. The first-order valence-corrected chi connectivity index (χ1v) is 9.10. The summed E-state index contributed by atoms with van der Waals surface area (Å²) in [6, 6.07) is 9.82. The maximum atomic E-state index is 12.5. The number of rotatable bonds is 7. The molecule has 0 unspecified atom stereocenters. The minimum atomic E-state index is -0.289.